The van der Waals surface area contributed by atoms with Crippen molar-refractivity contribution in [3.8, 4) is 5.75 Å². The molecule has 1 aromatic rings. The van der Waals surface area contributed by atoms with E-state index in [1.807, 2.05) is 25.1 Å². The summed E-state index contributed by atoms with van der Waals surface area (Å²) in [6.07, 6.45) is 1.34. The number of hydrogen-bond donors (Lipinski definition) is 2. The zero-order chi connectivity index (χ0) is 14.0. The van der Waals surface area contributed by atoms with E-state index < -0.39 is 11.5 Å². The number of halogens is 1. The van der Waals surface area contributed by atoms with E-state index in [9.17, 15) is 9.90 Å². The van der Waals surface area contributed by atoms with Crippen LogP contribution in [-0.2, 0) is 11.2 Å². The Labute approximate surface area is 121 Å². The molecule has 1 aliphatic rings. The number of hydrogen-bond acceptors (Lipinski definition) is 3. The summed E-state index contributed by atoms with van der Waals surface area (Å²) in [5.41, 5.74) is 0.272. The Morgan fingerprint density at radius 1 is 1.63 bits per heavy atom. The van der Waals surface area contributed by atoms with E-state index in [1.54, 1.807) is 6.92 Å². The third-order valence-corrected chi connectivity index (χ3v) is 4.16. The molecule has 19 heavy (non-hydrogen) atoms. The van der Waals surface area contributed by atoms with Gasteiger partial charge >= 0.3 is 5.97 Å². The van der Waals surface area contributed by atoms with Crippen molar-refractivity contribution in [3.05, 3.63) is 28.2 Å². The molecule has 0 aliphatic carbocycles. The molecule has 1 heterocycles. The maximum absolute atomic E-state index is 11.2. The Morgan fingerprint density at radius 2 is 2.37 bits per heavy atom. The maximum atomic E-state index is 11.2. The van der Waals surface area contributed by atoms with Crippen molar-refractivity contribution in [1.29, 1.82) is 0 Å². The van der Waals surface area contributed by atoms with Crippen molar-refractivity contribution < 1.29 is 14.6 Å². The molecule has 4 nitrogen and oxygen atoms in total. The van der Waals surface area contributed by atoms with Gasteiger partial charge in [0.25, 0.3) is 0 Å². The van der Waals surface area contributed by atoms with Crippen LogP contribution in [0.25, 0.3) is 0 Å². The highest BCUT2D eigenvalue weighted by Gasteiger charge is 2.32. The fourth-order valence-electron chi connectivity index (χ4n) is 2.09. The van der Waals surface area contributed by atoms with Crippen LogP contribution in [0.1, 0.15) is 25.8 Å². The van der Waals surface area contributed by atoms with Crippen molar-refractivity contribution in [3.63, 3.8) is 0 Å². The minimum Gasteiger partial charge on any atom is -0.488 e. The number of carbonyl (C=O) groups is 1. The summed E-state index contributed by atoms with van der Waals surface area (Å²) >= 11 is 3.44. The predicted molar refractivity (Wildman–Crippen MR) is 76.6 cm³/mol. The lowest BCUT2D eigenvalue weighted by atomic mass is 9.98. The molecule has 0 radical (unpaired) electrons. The molecule has 0 aromatic heterocycles. The number of rotatable bonds is 5. The second-order valence-corrected chi connectivity index (χ2v) is 5.98. The van der Waals surface area contributed by atoms with Gasteiger partial charge in [-0.2, -0.15) is 0 Å². The first-order chi connectivity index (χ1) is 8.94. The number of carboxylic acids is 1. The van der Waals surface area contributed by atoms with E-state index in [0.717, 1.165) is 22.2 Å². The summed E-state index contributed by atoms with van der Waals surface area (Å²) in [6.45, 7) is 4.10. The van der Waals surface area contributed by atoms with E-state index in [4.69, 9.17) is 4.74 Å². The Bertz CT molecular complexity index is 492. The monoisotopic (exact) mass is 327 g/mol. The van der Waals surface area contributed by atoms with Crippen molar-refractivity contribution in [2.24, 2.45) is 0 Å². The zero-order valence-corrected chi connectivity index (χ0v) is 12.7. The quantitative estimate of drug-likeness (QED) is 0.872. The molecular weight excluding hydrogens is 310 g/mol. The lowest BCUT2D eigenvalue weighted by molar-refractivity contribution is -0.144. The Hall–Kier alpha value is -1.07. The highest BCUT2D eigenvalue weighted by Crippen LogP contribution is 2.31. The number of benzene rings is 1. The second-order valence-electron chi connectivity index (χ2n) is 5.07. The fraction of sp³-hybridized carbons (Fsp3) is 0.500. The van der Waals surface area contributed by atoms with E-state index in [0.29, 0.717) is 13.0 Å². The summed E-state index contributed by atoms with van der Waals surface area (Å²) in [6, 6.07) is 5.93. The van der Waals surface area contributed by atoms with Crippen molar-refractivity contribution in [2.75, 3.05) is 6.54 Å². The summed E-state index contributed by atoms with van der Waals surface area (Å²) < 4.78 is 6.84. The summed E-state index contributed by atoms with van der Waals surface area (Å²) in [7, 11) is 0. The second kappa shape index (κ2) is 5.51. The van der Waals surface area contributed by atoms with Crippen molar-refractivity contribution >= 4 is 21.9 Å². The highest BCUT2D eigenvalue weighted by atomic mass is 79.9. The number of fused-ring (bicyclic) bond motifs is 1. The van der Waals surface area contributed by atoms with E-state index in [-0.39, 0.29) is 6.10 Å². The number of nitrogens with one attached hydrogen (secondary N) is 1. The van der Waals surface area contributed by atoms with Crippen molar-refractivity contribution in [2.45, 2.75) is 38.3 Å². The zero-order valence-electron chi connectivity index (χ0n) is 11.1. The van der Waals surface area contributed by atoms with Gasteiger partial charge in [-0.25, -0.2) is 0 Å². The van der Waals surface area contributed by atoms with Gasteiger partial charge in [-0.3, -0.25) is 10.1 Å². The smallest absolute Gasteiger partial charge is 0.323 e. The van der Waals surface area contributed by atoms with Crippen LogP contribution in [0.15, 0.2) is 22.7 Å². The highest BCUT2D eigenvalue weighted by molar-refractivity contribution is 9.10. The third kappa shape index (κ3) is 3.09. The molecule has 0 fully saturated rings. The molecule has 0 saturated carbocycles. The fourth-order valence-corrected chi connectivity index (χ4v) is 2.50. The Balaban J connectivity index is 1.96. The van der Waals surface area contributed by atoms with Gasteiger partial charge in [0.15, 0.2) is 0 Å². The number of aliphatic carboxylic acids is 1. The van der Waals surface area contributed by atoms with Crippen LogP contribution in [0.5, 0.6) is 5.75 Å². The predicted octanol–water partition coefficient (Wildman–Crippen LogP) is 2.60. The largest absolute Gasteiger partial charge is 0.488 e. The average molecular weight is 328 g/mol. The SMILES string of the molecule is CCC(C)(NCC1Cc2cc(Br)ccc2O1)C(=O)O. The van der Waals surface area contributed by atoms with Gasteiger partial charge in [0.1, 0.15) is 17.4 Å². The maximum Gasteiger partial charge on any atom is 0.323 e. The molecule has 0 spiro atoms. The van der Waals surface area contributed by atoms with Crippen LogP contribution in [0.3, 0.4) is 0 Å². The van der Waals surface area contributed by atoms with Gasteiger partial charge in [-0.05, 0) is 37.1 Å². The Kier molecular flexibility index (Phi) is 4.16. The van der Waals surface area contributed by atoms with Gasteiger partial charge in [0.2, 0.25) is 0 Å². The minimum absolute atomic E-state index is 0.00507. The van der Waals surface area contributed by atoms with Crippen LogP contribution >= 0.6 is 15.9 Å². The molecule has 0 saturated heterocycles. The number of carboxylic acid groups (broad SMARTS) is 1. The van der Waals surface area contributed by atoms with Crippen LogP contribution < -0.4 is 10.1 Å². The molecule has 0 bridgehead atoms. The van der Waals surface area contributed by atoms with E-state index in [1.165, 1.54) is 0 Å². The summed E-state index contributed by atoms with van der Waals surface area (Å²) in [5.74, 6) is 0.0665. The topological polar surface area (TPSA) is 58.6 Å². The summed E-state index contributed by atoms with van der Waals surface area (Å²) in [4.78, 5) is 11.2. The number of ether oxygens (including phenoxy) is 1. The standard InChI is InChI=1S/C14H18BrNO3/c1-3-14(2,13(17)18)16-8-11-7-9-6-10(15)4-5-12(9)19-11/h4-6,11,16H,3,7-8H2,1-2H3,(H,17,18). The first kappa shape index (κ1) is 14.3. The van der Waals surface area contributed by atoms with E-state index in [2.05, 4.69) is 21.2 Å². The molecule has 1 aliphatic heterocycles. The summed E-state index contributed by atoms with van der Waals surface area (Å²) in [5, 5.41) is 12.3. The van der Waals surface area contributed by atoms with Gasteiger partial charge in [0.05, 0.1) is 0 Å². The van der Waals surface area contributed by atoms with Crippen LogP contribution in [0.2, 0.25) is 0 Å². The molecular formula is C14H18BrNO3. The Morgan fingerprint density at radius 3 is 3.00 bits per heavy atom. The molecule has 1 aromatic carbocycles. The first-order valence-electron chi connectivity index (χ1n) is 6.38. The van der Waals surface area contributed by atoms with Crippen LogP contribution in [-0.4, -0.2) is 29.3 Å². The lowest BCUT2D eigenvalue weighted by Gasteiger charge is -2.26. The van der Waals surface area contributed by atoms with Gasteiger partial charge in [0, 0.05) is 17.4 Å². The van der Waals surface area contributed by atoms with E-state index >= 15 is 0 Å². The molecule has 2 atom stereocenters. The van der Waals surface area contributed by atoms with Crippen molar-refractivity contribution in [1.82, 2.24) is 5.32 Å². The molecule has 2 unspecified atom stereocenters. The molecule has 0 amide bonds. The molecule has 5 heteroatoms. The lowest BCUT2D eigenvalue weighted by Crippen LogP contribution is -2.51. The molecule has 104 valence electrons. The van der Waals surface area contributed by atoms with Crippen LogP contribution in [0.4, 0.5) is 0 Å². The normalized spacial score (nSPS) is 20.5. The molecule has 2 rings (SSSR count). The minimum atomic E-state index is -0.890. The van der Waals surface area contributed by atoms with Gasteiger partial charge < -0.3 is 9.84 Å². The van der Waals surface area contributed by atoms with Gasteiger partial charge in [-0.15, -0.1) is 0 Å². The average Bonchev–Trinajstić information content (AvgIpc) is 2.77. The third-order valence-electron chi connectivity index (χ3n) is 3.66. The van der Waals surface area contributed by atoms with Gasteiger partial charge in [-0.1, -0.05) is 22.9 Å². The van der Waals surface area contributed by atoms with Crippen LogP contribution in [0, 0.1) is 0 Å². The molecule has 2 N–H and O–H groups in total. The first-order valence-corrected chi connectivity index (χ1v) is 7.17.